The van der Waals surface area contributed by atoms with Gasteiger partial charge >= 0.3 is 0 Å². The average Bonchev–Trinajstić information content (AvgIpc) is 2.17. The van der Waals surface area contributed by atoms with E-state index in [1.165, 1.54) is 32.1 Å². The van der Waals surface area contributed by atoms with Gasteiger partial charge in [0.1, 0.15) is 6.42 Å². The minimum atomic E-state index is -1.68. The molecule has 0 N–H and O–H groups in total. The molecular weight excluding hydrogens is 201 g/mol. The summed E-state index contributed by atoms with van der Waals surface area (Å²) in [5.74, 6) is 0. The first kappa shape index (κ1) is 11.6. The van der Waals surface area contributed by atoms with E-state index in [0.717, 1.165) is 0 Å². The molecule has 0 aliphatic heterocycles. The van der Waals surface area contributed by atoms with Crippen LogP contribution in [0.3, 0.4) is 0 Å². The Morgan fingerprint density at radius 3 is 2.15 bits per heavy atom. The van der Waals surface area contributed by atoms with Gasteiger partial charge in [-0.3, -0.25) is 4.67 Å². The Kier molecular flexibility index (Phi) is 4.37. The highest BCUT2D eigenvalue weighted by atomic mass is 32.4. The highest BCUT2D eigenvalue weighted by Crippen LogP contribution is 2.57. The molecule has 0 spiro atoms. The Labute approximate surface area is 86.8 Å². The summed E-state index contributed by atoms with van der Waals surface area (Å²) in [5, 5.41) is 0. The predicted molar refractivity (Wildman–Crippen MR) is 61.9 cm³/mol. The molecule has 1 aliphatic rings. The lowest BCUT2D eigenvalue weighted by molar-refractivity contribution is 0.382. The van der Waals surface area contributed by atoms with Gasteiger partial charge in [-0.15, -0.1) is 0 Å². The van der Waals surface area contributed by atoms with Crippen molar-refractivity contribution in [3.8, 4) is 0 Å². The monoisotopic (exact) mass is 221 g/mol. The van der Waals surface area contributed by atoms with E-state index in [0.29, 0.717) is 5.66 Å². The molecule has 0 saturated heterocycles. The Bertz CT molecular complexity index is 202. The van der Waals surface area contributed by atoms with Gasteiger partial charge in [0.05, 0.1) is 0 Å². The summed E-state index contributed by atoms with van der Waals surface area (Å²) >= 11 is 5.66. The van der Waals surface area contributed by atoms with Crippen LogP contribution in [0.15, 0.2) is 0 Å². The molecule has 0 amide bonds. The van der Waals surface area contributed by atoms with Crippen LogP contribution in [0.25, 0.3) is 0 Å². The fourth-order valence-electron chi connectivity index (χ4n) is 2.05. The molecule has 4 heteroatoms. The Morgan fingerprint density at radius 2 is 1.77 bits per heavy atom. The molecule has 1 fully saturated rings. The second-order valence-electron chi connectivity index (χ2n) is 3.89. The van der Waals surface area contributed by atoms with Gasteiger partial charge in [0, 0.05) is 12.8 Å². The van der Waals surface area contributed by atoms with Crippen LogP contribution < -0.4 is 0 Å². The van der Waals surface area contributed by atoms with Crippen LogP contribution in [0.4, 0.5) is 0 Å². The lowest BCUT2D eigenvalue weighted by Gasteiger charge is -2.36. The normalized spacial score (nSPS) is 24.6. The molecule has 0 aromatic rings. The lowest BCUT2D eigenvalue weighted by Crippen LogP contribution is -2.22. The lowest BCUT2D eigenvalue weighted by atomic mass is 10.0. The molecule has 13 heavy (non-hydrogen) atoms. The predicted octanol–water partition coefficient (Wildman–Crippen LogP) is 2.84. The fraction of sp³-hybridized carbons (Fsp3) is 1.00. The molecule has 0 aromatic carbocycles. The van der Waals surface area contributed by atoms with Gasteiger partial charge in [0.15, 0.2) is 0 Å². The summed E-state index contributed by atoms with van der Waals surface area (Å²) < 4.78 is 7.73. The molecule has 1 atom stereocenters. The maximum absolute atomic E-state index is 5.66. The van der Waals surface area contributed by atoms with Crippen LogP contribution in [0, 0.1) is 0 Å². The Balaban J connectivity index is 2.69. The van der Waals surface area contributed by atoms with Gasteiger partial charge in [-0.25, -0.2) is 0 Å². The number of hydrogen-bond acceptors (Lipinski definition) is 2. The maximum atomic E-state index is 5.66. The molecule has 0 bridgehead atoms. The minimum Gasteiger partial charge on any atom is -0.341 e. The van der Waals surface area contributed by atoms with Crippen molar-refractivity contribution < 1.29 is 4.52 Å². The van der Waals surface area contributed by atoms with Crippen molar-refractivity contribution in [3.05, 3.63) is 0 Å². The summed E-state index contributed by atoms with van der Waals surface area (Å²) in [6, 6.07) is 0. The molecule has 0 heterocycles. The number of nitrogens with zero attached hydrogens (tertiary/aromatic N) is 1. The second-order valence-corrected chi connectivity index (χ2v) is 8.48. The van der Waals surface area contributed by atoms with Gasteiger partial charge in [0.25, 0.3) is 0 Å². The zero-order valence-corrected chi connectivity index (χ0v) is 10.5. The Hall–Kier alpha value is 0.570. The smallest absolute Gasteiger partial charge is 0.134 e. The molecule has 0 aromatic heterocycles. The first-order valence-corrected chi connectivity index (χ1v) is 7.68. The second kappa shape index (κ2) is 4.88. The van der Waals surface area contributed by atoms with Crippen LogP contribution in [-0.4, -0.2) is 31.5 Å². The summed E-state index contributed by atoms with van der Waals surface area (Å²) in [6.45, 7) is 0. The zero-order valence-electron chi connectivity index (χ0n) is 8.82. The molecule has 1 rings (SSSR count). The summed E-state index contributed by atoms with van der Waals surface area (Å²) in [5.41, 5.74) is 0.635. The summed E-state index contributed by atoms with van der Waals surface area (Å²) in [7, 11) is 5.88. The topological polar surface area (TPSA) is 12.5 Å². The Morgan fingerprint density at radius 1 is 1.23 bits per heavy atom. The molecule has 1 saturated carbocycles. The highest BCUT2D eigenvalue weighted by Gasteiger charge is 2.31. The van der Waals surface area contributed by atoms with E-state index in [1.807, 2.05) is 0 Å². The summed E-state index contributed by atoms with van der Waals surface area (Å²) in [6.07, 6.45) is 4.90. The maximum Gasteiger partial charge on any atom is 0.134 e. The van der Waals surface area contributed by atoms with Crippen LogP contribution in [-0.2, 0) is 16.3 Å². The van der Waals surface area contributed by atoms with Crippen LogP contribution in [0.2, 0.25) is 0 Å². The quantitative estimate of drug-likeness (QED) is 0.680. The highest BCUT2D eigenvalue weighted by molar-refractivity contribution is 8.11. The molecule has 1 aliphatic carbocycles. The summed E-state index contributed by atoms with van der Waals surface area (Å²) in [4.78, 5) is 0. The number of rotatable bonds is 3. The zero-order chi connectivity index (χ0) is 9.90. The van der Waals surface area contributed by atoms with Crippen molar-refractivity contribution in [3.63, 3.8) is 0 Å². The molecule has 2 nitrogen and oxygen atoms in total. The average molecular weight is 221 g/mol. The van der Waals surface area contributed by atoms with Gasteiger partial charge in [-0.1, -0.05) is 19.3 Å². The largest absolute Gasteiger partial charge is 0.341 e. The van der Waals surface area contributed by atoms with E-state index in [4.69, 9.17) is 16.3 Å². The van der Waals surface area contributed by atoms with Crippen LogP contribution in [0.1, 0.15) is 32.1 Å². The molecular formula is C9H20NOPS. The van der Waals surface area contributed by atoms with Crippen molar-refractivity contribution in [1.82, 2.24) is 4.67 Å². The van der Waals surface area contributed by atoms with Crippen molar-refractivity contribution in [1.29, 1.82) is 0 Å². The van der Waals surface area contributed by atoms with E-state index in [2.05, 4.69) is 18.8 Å². The molecule has 0 radical (unpaired) electrons. The molecule has 1 unspecified atom stereocenters. The van der Waals surface area contributed by atoms with E-state index in [-0.39, 0.29) is 0 Å². The first-order chi connectivity index (χ1) is 6.11. The third kappa shape index (κ3) is 2.53. The van der Waals surface area contributed by atoms with E-state index in [9.17, 15) is 0 Å². The van der Waals surface area contributed by atoms with E-state index in [1.54, 1.807) is 7.11 Å². The minimum absolute atomic E-state index is 0.635. The van der Waals surface area contributed by atoms with Crippen molar-refractivity contribution >= 4 is 18.2 Å². The third-order valence-corrected chi connectivity index (χ3v) is 8.25. The third-order valence-electron chi connectivity index (χ3n) is 2.86. The fourth-order valence-corrected chi connectivity index (χ4v) is 4.97. The standard InChI is InChI=1S/C9H20NOPS/c1-10(2)12(13,11-3)9-7-5-4-6-8-9/h9H,4-8H2,1-3H3. The van der Waals surface area contributed by atoms with Crippen molar-refractivity contribution in [2.45, 2.75) is 37.8 Å². The van der Waals surface area contributed by atoms with Crippen molar-refractivity contribution in [2.75, 3.05) is 21.2 Å². The van der Waals surface area contributed by atoms with E-state index < -0.39 is 6.42 Å². The number of hydrogen-bond donors (Lipinski definition) is 0. The molecule has 78 valence electrons. The van der Waals surface area contributed by atoms with Crippen LogP contribution >= 0.6 is 6.42 Å². The van der Waals surface area contributed by atoms with Gasteiger partial charge in [-0.05, 0) is 38.7 Å². The van der Waals surface area contributed by atoms with Gasteiger partial charge in [0.2, 0.25) is 0 Å². The first-order valence-electron chi connectivity index (χ1n) is 4.94. The van der Waals surface area contributed by atoms with Gasteiger partial charge in [-0.2, -0.15) is 0 Å². The van der Waals surface area contributed by atoms with Gasteiger partial charge < -0.3 is 4.52 Å². The van der Waals surface area contributed by atoms with Crippen LogP contribution in [0.5, 0.6) is 0 Å². The van der Waals surface area contributed by atoms with E-state index >= 15 is 0 Å². The SMILES string of the molecule is COP(=S)(C1CCCCC1)N(C)C. The van der Waals surface area contributed by atoms with Crippen molar-refractivity contribution in [2.24, 2.45) is 0 Å².